The first kappa shape index (κ1) is 19.6. The predicted molar refractivity (Wildman–Crippen MR) is 120 cm³/mol. The number of ether oxygens (including phenoxy) is 1. The molecule has 1 amide bonds. The molecular weight excluding hydrogens is 376 g/mol. The predicted octanol–water partition coefficient (Wildman–Crippen LogP) is 4.40. The lowest BCUT2D eigenvalue weighted by Gasteiger charge is -2.15. The molecule has 1 N–H and O–H groups in total. The molecule has 6 heteroatoms. The molecule has 0 radical (unpaired) electrons. The van der Waals surface area contributed by atoms with Gasteiger partial charge in [0.05, 0.1) is 12.8 Å². The summed E-state index contributed by atoms with van der Waals surface area (Å²) in [4.78, 5) is 14.5. The van der Waals surface area contributed by atoms with E-state index in [1.54, 1.807) is 13.2 Å². The lowest BCUT2D eigenvalue weighted by molar-refractivity contribution is -0.111. The van der Waals surface area contributed by atoms with Gasteiger partial charge in [0.25, 0.3) is 0 Å². The van der Waals surface area contributed by atoms with Gasteiger partial charge in [-0.05, 0) is 60.9 Å². The van der Waals surface area contributed by atoms with Crippen molar-refractivity contribution < 1.29 is 9.53 Å². The number of anilines is 2. The third-order valence-corrected chi connectivity index (χ3v) is 5.05. The van der Waals surface area contributed by atoms with Crippen molar-refractivity contribution in [3.05, 3.63) is 72.3 Å². The van der Waals surface area contributed by atoms with Crippen LogP contribution < -0.4 is 15.0 Å². The van der Waals surface area contributed by atoms with Gasteiger partial charge >= 0.3 is 0 Å². The van der Waals surface area contributed by atoms with Gasteiger partial charge in [-0.2, -0.15) is 0 Å². The van der Waals surface area contributed by atoms with Crippen LogP contribution in [0.1, 0.15) is 18.4 Å². The van der Waals surface area contributed by atoms with E-state index in [0.717, 1.165) is 41.5 Å². The van der Waals surface area contributed by atoms with Crippen molar-refractivity contribution in [2.45, 2.75) is 12.8 Å². The van der Waals surface area contributed by atoms with Gasteiger partial charge in [0.2, 0.25) is 5.91 Å². The van der Waals surface area contributed by atoms with Crippen molar-refractivity contribution >= 4 is 23.5 Å². The zero-order chi connectivity index (χ0) is 20.8. The number of rotatable bonds is 6. The van der Waals surface area contributed by atoms with E-state index in [2.05, 4.69) is 20.4 Å². The minimum atomic E-state index is -0.196. The molecule has 2 heterocycles. The van der Waals surface area contributed by atoms with Gasteiger partial charge in [0, 0.05) is 30.4 Å². The highest BCUT2D eigenvalue weighted by molar-refractivity contribution is 6.02. The number of nitrogens with zero attached hydrogens (tertiary/aromatic N) is 3. The Bertz CT molecular complexity index is 1020. The Morgan fingerprint density at radius 2 is 1.83 bits per heavy atom. The van der Waals surface area contributed by atoms with Gasteiger partial charge in [0.15, 0.2) is 5.82 Å². The van der Waals surface area contributed by atoms with E-state index >= 15 is 0 Å². The van der Waals surface area contributed by atoms with Crippen LogP contribution in [0.15, 0.2) is 66.7 Å². The van der Waals surface area contributed by atoms with E-state index in [9.17, 15) is 4.79 Å². The molecule has 0 atom stereocenters. The fourth-order valence-corrected chi connectivity index (χ4v) is 3.42. The zero-order valence-electron chi connectivity index (χ0n) is 16.9. The van der Waals surface area contributed by atoms with Gasteiger partial charge in [-0.25, -0.2) is 0 Å². The molecule has 1 aliphatic rings. The number of methoxy groups -OCH3 is 1. The van der Waals surface area contributed by atoms with Crippen LogP contribution in [0, 0.1) is 0 Å². The van der Waals surface area contributed by atoms with Crippen LogP contribution >= 0.6 is 0 Å². The van der Waals surface area contributed by atoms with E-state index in [-0.39, 0.29) is 5.91 Å². The normalized spacial score (nSPS) is 13.6. The van der Waals surface area contributed by atoms with Crippen molar-refractivity contribution in [3.63, 3.8) is 0 Å². The largest absolute Gasteiger partial charge is 0.497 e. The smallest absolute Gasteiger partial charge is 0.248 e. The van der Waals surface area contributed by atoms with Gasteiger partial charge in [-0.3, -0.25) is 4.79 Å². The van der Waals surface area contributed by atoms with Gasteiger partial charge in [-0.15, -0.1) is 10.2 Å². The molecule has 1 aromatic heterocycles. The van der Waals surface area contributed by atoms with Crippen LogP contribution in [0.5, 0.6) is 5.75 Å². The molecular formula is C24H24N4O2. The van der Waals surface area contributed by atoms with Crippen LogP contribution in [0.25, 0.3) is 17.3 Å². The maximum atomic E-state index is 12.3. The van der Waals surface area contributed by atoms with Gasteiger partial charge < -0.3 is 15.0 Å². The standard InChI is InChI=1S/C24H24N4O2/c1-30-21-10-7-18(8-11-21)9-14-24(29)25-20-6-4-5-19(17-20)22-12-13-23(27-26-22)28-15-2-3-16-28/h4-14,17H,2-3,15-16H2,1H3,(H,25,29)/b14-9+. The lowest BCUT2D eigenvalue weighted by Crippen LogP contribution is -2.19. The Hall–Kier alpha value is -3.67. The monoisotopic (exact) mass is 400 g/mol. The Morgan fingerprint density at radius 1 is 1.03 bits per heavy atom. The molecule has 1 fully saturated rings. The molecule has 1 saturated heterocycles. The van der Waals surface area contributed by atoms with Crippen LogP contribution in [0.3, 0.4) is 0 Å². The summed E-state index contributed by atoms with van der Waals surface area (Å²) in [7, 11) is 1.62. The summed E-state index contributed by atoms with van der Waals surface area (Å²) in [6, 6.07) is 19.1. The molecule has 0 aliphatic carbocycles. The first-order valence-corrected chi connectivity index (χ1v) is 10.0. The number of benzene rings is 2. The van der Waals surface area contributed by atoms with Crippen LogP contribution in [0.4, 0.5) is 11.5 Å². The Kier molecular flexibility index (Phi) is 6.03. The molecule has 152 valence electrons. The van der Waals surface area contributed by atoms with E-state index in [1.807, 2.05) is 60.7 Å². The topological polar surface area (TPSA) is 67.3 Å². The molecule has 0 spiro atoms. The summed E-state index contributed by atoms with van der Waals surface area (Å²) in [6.07, 6.45) is 5.69. The van der Waals surface area contributed by atoms with Crippen LogP contribution in [-0.2, 0) is 4.79 Å². The highest BCUT2D eigenvalue weighted by Gasteiger charge is 2.14. The zero-order valence-corrected chi connectivity index (χ0v) is 16.9. The maximum absolute atomic E-state index is 12.3. The summed E-state index contributed by atoms with van der Waals surface area (Å²) in [5, 5.41) is 11.6. The molecule has 4 rings (SSSR count). The Morgan fingerprint density at radius 3 is 2.53 bits per heavy atom. The highest BCUT2D eigenvalue weighted by atomic mass is 16.5. The highest BCUT2D eigenvalue weighted by Crippen LogP contribution is 2.23. The molecule has 0 bridgehead atoms. The quantitative estimate of drug-likeness (QED) is 0.621. The molecule has 6 nitrogen and oxygen atoms in total. The minimum absolute atomic E-state index is 0.196. The fourth-order valence-electron chi connectivity index (χ4n) is 3.42. The second-order valence-corrected chi connectivity index (χ2v) is 7.15. The minimum Gasteiger partial charge on any atom is -0.497 e. The van der Waals surface area contributed by atoms with E-state index in [1.165, 1.54) is 18.9 Å². The van der Waals surface area contributed by atoms with Gasteiger partial charge in [-0.1, -0.05) is 24.3 Å². The average molecular weight is 400 g/mol. The molecule has 0 saturated carbocycles. The summed E-state index contributed by atoms with van der Waals surface area (Å²) in [5.41, 5.74) is 3.32. The number of hydrogen-bond donors (Lipinski definition) is 1. The van der Waals surface area contributed by atoms with Crippen molar-refractivity contribution in [3.8, 4) is 17.0 Å². The number of amides is 1. The molecule has 3 aromatic rings. The summed E-state index contributed by atoms with van der Waals surface area (Å²) < 4.78 is 5.14. The first-order valence-electron chi connectivity index (χ1n) is 10.0. The second-order valence-electron chi connectivity index (χ2n) is 7.15. The summed E-state index contributed by atoms with van der Waals surface area (Å²) in [5.74, 6) is 1.51. The molecule has 2 aromatic carbocycles. The summed E-state index contributed by atoms with van der Waals surface area (Å²) >= 11 is 0. The first-order chi connectivity index (χ1) is 14.7. The van der Waals surface area contributed by atoms with Crippen molar-refractivity contribution in [1.29, 1.82) is 0 Å². The Balaban J connectivity index is 1.41. The Labute approximate surface area is 176 Å². The number of aromatic nitrogens is 2. The molecule has 1 aliphatic heterocycles. The van der Waals surface area contributed by atoms with Gasteiger partial charge in [0.1, 0.15) is 5.75 Å². The van der Waals surface area contributed by atoms with Crippen molar-refractivity contribution in [2.24, 2.45) is 0 Å². The van der Waals surface area contributed by atoms with E-state index in [0.29, 0.717) is 5.69 Å². The fraction of sp³-hybridized carbons (Fsp3) is 0.208. The second kappa shape index (κ2) is 9.22. The van der Waals surface area contributed by atoms with Crippen molar-refractivity contribution in [1.82, 2.24) is 10.2 Å². The van der Waals surface area contributed by atoms with Crippen molar-refractivity contribution in [2.75, 3.05) is 30.4 Å². The van der Waals surface area contributed by atoms with E-state index in [4.69, 9.17) is 4.74 Å². The summed E-state index contributed by atoms with van der Waals surface area (Å²) in [6.45, 7) is 2.08. The average Bonchev–Trinajstić information content (AvgIpc) is 3.33. The number of carbonyl (C=O) groups excluding carboxylic acids is 1. The lowest BCUT2D eigenvalue weighted by atomic mass is 10.1. The van der Waals surface area contributed by atoms with Crippen LogP contribution in [0.2, 0.25) is 0 Å². The third kappa shape index (κ3) is 4.84. The number of hydrogen-bond acceptors (Lipinski definition) is 5. The molecule has 0 unspecified atom stereocenters. The van der Waals surface area contributed by atoms with E-state index < -0.39 is 0 Å². The SMILES string of the molecule is COc1ccc(/C=C/C(=O)Nc2cccc(-c3ccc(N4CCCC4)nn3)c2)cc1. The third-order valence-electron chi connectivity index (χ3n) is 5.05. The maximum Gasteiger partial charge on any atom is 0.248 e. The van der Waals surface area contributed by atoms with Crippen LogP contribution in [-0.4, -0.2) is 36.3 Å². The number of carbonyl (C=O) groups is 1. The molecule has 30 heavy (non-hydrogen) atoms. The number of nitrogens with one attached hydrogen (secondary N) is 1.